The predicted molar refractivity (Wildman–Crippen MR) is 125 cm³/mol. The molecule has 168 valence electrons. The number of anilines is 1. The number of piperidine rings is 1. The van der Waals surface area contributed by atoms with Crippen molar-refractivity contribution in [1.82, 2.24) is 14.5 Å². The second-order valence-electron chi connectivity index (χ2n) is 9.27. The van der Waals surface area contributed by atoms with Crippen molar-refractivity contribution in [2.45, 2.75) is 64.1 Å². The van der Waals surface area contributed by atoms with Crippen LogP contribution in [0.25, 0.3) is 11.0 Å². The first-order valence-corrected chi connectivity index (χ1v) is 11.7. The lowest BCUT2D eigenvalue weighted by atomic mass is 9.96. The standard InChI is InChI=1S/C26H31FN4O/c1-18-28-25-9-3-4-10-26(25)31(18)24-16-22-11-12-23(17-24)30(22)14-6-13-29(19(2)32)21-8-5-7-20(27)15-21/h3-5,7-10,15,22-24H,6,11-14,16-17H2,1-2H3. The molecule has 1 amide bonds. The van der Waals surface area contributed by atoms with E-state index >= 15 is 0 Å². The van der Waals surface area contributed by atoms with Crippen LogP contribution in [0.2, 0.25) is 0 Å². The number of carbonyl (C=O) groups is 1. The Morgan fingerprint density at radius 2 is 1.84 bits per heavy atom. The van der Waals surface area contributed by atoms with E-state index in [1.807, 2.05) is 0 Å². The van der Waals surface area contributed by atoms with Crippen LogP contribution in [0.15, 0.2) is 48.5 Å². The molecule has 2 fully saturated rings. The maximum atomic E-state index is 13.6. The number of halogens is 1. The van der Waals surface area contributed by atoms with Gasteiger partial charge in [0.1, 0.15) is 11.6 Å². The number of nitrogens with zero attached hydrogens (tertiary/aromatic N) is 4. The Labute approximate surface area is 188 Å². The SMILES string of the molecule is CC(=O)N(CCCN1C2CCC1CC(n1c(C)nc3ccccc31)C2)c1cccc(F)c1. The molecule has 5 rings (SSSR count). The Hall–Kier alpha value is -2.73. The molecule has 0 spiro atoms. The Bertz CT molecular complexity index is 1110. The molecular formula is C26H31FN4O. The first kappa shape index (κ1) is 21.1. The fourth-order valence-corrected chi connectivity index (χ4v) is 5.97. The topological polar surface area (TPSA) is 41.4 Å². The van der Waals surface area contributed by atoms with Gasteiger partial charge in [-0.3, -0.25) is 9.69 Å². The van der Waals surface area contributed by atoms with E-state index in [0.29, 0.717) is 30.4 Å². The molecule has 0 saturated carbocycles. The molecule has 2 saturated heterocycles. The number of aromatic nitrogens is 2. The summed E-state index contributed by atoms with van der Waals surface area (Å²) in [6.07, 6.45) is 5.68. The molecule has 2 aromatic carbocycles. The second-order valence-corrected chi connectivity index (χ2v) is 9.27. The normalized spacial score (nSPS) is 23.0. The van der Waals surface area contributed by atoms with Crippen LogP contribution >= 0.6 is 0 Å². The van der Waals surface area contributed by atoms with Crippen molar-refractivity contribution in [3.05, 3.63) is 60.2 Å². The number of aryl methyl sites for hydroxylation is 1. The number of hydrogen-bond acceptors (Lipinski definition) is 3. The maximum Gasteiger partial charge on any atom is 0.223 e. The van der Waals surface area contributed by atoms with Gasteiger partial charge in [-0.15, -0.1) is 0 Å². The summed E-state index contributed by atoms with van der Waals surface area (Å²) in [4.78, 5) is 21.3. The molecule has 2 aliphatic heterocycles. The van der Waals surface area contributed by atoms with Gasteiger partial charge in [-0.05, 0) is 69.4 Å². The molecule has 3 heterocycles. The number of hydrogen-bond donors (Lipinski definition) is 0. The highest BCUT2D eigenvalue weighted by Crippen LogP contribution is 2.42. The minimum atomic E-state index is -0.309. The van der Waals surface area contributed by atoms with Gasteiger partial charge in [0.25, 0.3) is 0 Å². The lowest BCUT2D eigenvalue weighted by Crippen LogP contribution is -2.44. The molecule has 32 heavy (non-hydrogen) atoms. The number of benzene rings is 2. The van der Waals surface area contributed by atoms with Gasteiger partial charge in [-0.2, -0.15) is 0 Å². The summed E-state index contributed by atoms with van der Waals surface area (Å²) in [5.41, 5.74) is 2.97. The van der Waals surface area contributed by atoms with Crippen molar-refractivity contribution in [2.24, 2.45) is 0 Å². The van der Waals surface area contributed by atoms with Gasteiger partial charge in [0.15, 0.2) is 0 Å². The predicted octanol–water partition coefficient (Wildman–Crippen LogP) is 5.09. The van der Waals surface area contributed by atoms with E-state index in [1.165, 1.54) is 30.5 Å². The molecule has 0 N–H and O–H groups in total. The van der Waals surface area contributed by atoms with Gasteiger partial charge in [0.05, 0.1) is 11.0 Å². The van der Waals surface area contributed by atoms with Crippen molar-refractivity contribution < 1.29 is 9.18 Å². The van der Waals surface area contributed by atoms with Crippen molar-refractivity contribution >= 4 is 22.6 Å². The van der Waals surface area contributed by atoms with Gasteiger partial charge in [0.2, 0.25) is 5.91 Å². The Kier molecular flexibility index (Phi) is 5.72. The number of amides is 1. The van der Waals surface area contributed by atoms with E-state index in [2.05, 4.69) is 40.7 Å². The molecule has 0 radical (unpaired) electrons. The molecule has 5 nitrogen and oxygen atoms in total. The third-order valence-corrected chi connectivity index (χ3v) is 7.29. The quantitative estimate of drug-likeness (QED) is 0.542. The third-order valence-electron chi connectivity index (χ3n) is 7.29. The fourth-order valence-electron chi connectivity index (χ4n) is 5.97. The molecule has 6 heteroatoms. The van der Waals surface area contributed by atoms with Crippen molar-refractivity contribution in [1.29, 1.82) is 0 Å². The second kappa shape index (κ2) is 8.66. The average molecular weight is 435 g/mol. The summed E-state index contributed by atoms with van der Waals surface area (Å²) in [5.74, 6) is 0.757. The summed E-state index contributed by atoms with van der Waals surface area (Å²) in [6.45, 7) is 5.27. The van der Waals surface area contributed by atoms with Crippen molar-refractivity contribution in [3.63, 3.8) is 0 Å². The number of imidazole rings is 1. The van der Waals surface area contributed by atoms with E-state index < -0.39 is 0 Å². The lowest BCUT2D eigenvalue weighted by molar-refractivity contribution is -0.116. The molecule has 2 atom stereocenters. The van der Waals surface area contributed by atoms with E-state index in [0.717, 1.165) is 37.1 Å². The summed E-state index contributed by atoms with van der Waals surface area (Å²) in [6, 6.07) is 16.4. The minimum Gasteiger partial charge on any atom is -0.325 e. The van der Waals surface area contributed by atoms with Crippen LogP contribution in [-0.4, -0.2) is 45.5 Å². The zero-order chi connectivity index (χ0) is 22.2. The Balaban J connectivity index is 1.24. The zero-order valence-corrected chi connectivity index (χ0v) is 18.9. The number of carbonyl (C=O) groups excluding carboxylic acids is 1. The van der Waals surface area contributed by atoms with Gasteiger partial charge in [-0.25, -0.2) is 9.37 Å². The fraction of sp³-hybridized carbons (Fsp3) is 0.462. The number of para-hydroxylation sites is 2. The average Bonchev–Trinajstić information content (AvgIpc) is 3.21. The van der Waals surface area contributed by atoms with E-state index in [-0.39, 0.29) is 11.7 Å². The molecular weight excluding hydrogens is 403 g/mol. The van der Waals surface area contributed by atoms with Crippen molar-refractivity contribution in [2.75, 3.05) is 18.0 Å². The largest absolute Gasteiger partial charge is 0.325 e. The number of fused-ring (bicyclic) bond motifs is 3. The smallest absolute Gasteiger partial charge is 0.223 e. The van der Waals surface area contributed by atoms with Gasteiger partial charge in [-0.1, -0.05) is 18.2 Å². The summed E-state index contributed by atoms with van der Waals surface area (Å²) < 4.78 is 16.1. The van der Waals surface area contributed by atoms with Crippen LogP contribution in [0.4, 0.5) is 10.1 Å². The molecule has 2 bridgehead atoms. The van der Waals surface area contributed by atoms with Crippen molar-refractivity contribution in [3.8, 4) is 0 Å². The zero-order valence-electron chi connectivity index (χ0n) is 18.9. The molecule has 2 aliphatic rings. The Morgan fingerprint density at radius 1 is 1.09 bits per heavy atom. The summed E-state index contributed by atoms with van der Waals surface area (Å²) >= 11 is 0. The molecule has 2 unspecified atom stereocenters. The lowest BCUT2D eigenvalue weighted by Gasteiger charge is -2.40. The van der Waals surface area contributed by atoms with Crippen LogP contribution in [0.5, 0.6) is 0 Å². The molecule has 3 aromatic rings. The summed E-state index contributed by atoms with van der Waals surface area (Å²) in [5, 5.41) is 0. The first-order chi connectivity index (χ1) is 15.5. The van der Waals surface area contributed by atoms with E-state index in [4.69, 9.17) is 4.98 Å². The highest BCUT2D eigenvalue weighted by atomic mass is 19.1. The Morgan fingerprint density at radius 3 is 2.56 bits per heavy atom. The van der Waals surface area contributed by atoms with Crippen LogP contribution in [0, 0.1) is 12.7 Å². The van der Waals surface area contributed by atoms with E-state index in [1.54, 1.807) is 24.0 Å². The highest BCUT2D eigenvalue weighted by Gasteiger charge is 2.41. The molecule has 1 aromatic heterocycles. The first-order valence-electron chi connectivity index (χ1n) is 11.7. The van der Waals surface area contributed by atoms with Gasteiger partial charge >= 0.3 is 0 Å². The van der Waals surface area contributed by atoms with Gasteiger partial charge < -0.3 is 9.47 Å². The summed E-state index contributed by atoms with van der Waals surface area (Å²) in [7, 11) is 0. The minimum absolute atomic E-state index is 0.0419. The van der Waals surface area contributed by atoms with Crippen LogP contribution < -0.4 is 4.90 Å². The number of rotatable bonds is 6. The monoisotopic (exact) mass is 434 g/mol. The highest BCUT2D eigenvalue weighted by molar-refractivity contribution is 5.91. The van der Waals surface area contributed by atoms with Crippen LogP contribution in [-0.2, 0) is 4.79 Å². The van der Waals surface area contributed by atoms with Crippen LogP contribution in [0.1, 0.15) is 50.9 Å². The van der Waals surface area contributed by atoms with Gasteiger partial charge in [0, 0.05) is 43.8 Å². The maximum absolute atomic E-state index is 13.6. The van der Waals surface area contributed by atoms with E-state index in [9.17, 15) is 9.18 Å². The third kappa shape index (κ3) is 3.92. The molecule has 0 aliphatic carbocycles. The van der Waals surface area contributed by atoms with Crippen LogP contribution in [0.3, 0.4) is 0 Å².